The van der Waals surface area contributed by atoms with Gasteiger partial charge in [0.05, 0.1) is 6.61 Å². The van der Waals surface area contributed by atoms with Crippen molar-refractivity contribution in [1.82, 2.24) is 0 Å². The van der Waals surface area contributed by atoms with E-state index < -0.39 is 5.43 Å². The molecule has 0 atom stereocenters. The van der Waals surface area contributed by atoms with Gasteiger partial charge in [-0.2, -0.15) is 0 Å². The second-order valence-corrected chi connectivity index (χ2v) is 2.68. The molecule has 1 rings (SSSR count). The Bertz CT molecular complexity index is 358. The molecule has 0 radical (unpaired) electrons. The fraction of sp³-hybridized carbons (Fsp3) is 0.300. The number of ether oxygens (including phenoxy) is 1. The average molecular weight is 180 g/mol. The Morgan fingerprint density at radius 3 is 2.77 bits per heavy atom. The second kappa shape index (κ2) is 3.94. The standard InChI is InChI=1S/C10H12O3/c1-3-13-10-7(2)5-4-6-8(11)9(10)12/h4-6H,3H2,1-2H3,(H,11,12). The summed E-state index contributed by atoms with van der Waals surface area (Å²) in [5.41, 5.74) is 0.331. The van der Waals surface area contributed by atoms with Gasteiger partial charge in [0, 0.05) is 0 Å². The van der Waals surface area contributed by atoms with Crippen LogP contribution in [0.3, 0.4) is 0 Å². The number of aromatic hydroxyl groups is 1. The summed E-state index contributed by atoms with van der Waals surface area (Å²) in [6.45, 7) is 4.01. The minimum Gasteiger partial charge on any atom is -0.502 e. The van der Waals surface area contributed by atoms with Crippen LogP contribution in [-0.2, 0) is 0 Å². The van der Waals surface area contributed by atoms with E-state index in [2.05, 4.69) is 0 Å². The van der Waals surface area contributed by atoms with Gasteiger partial charge in [-0.3, -0.25) is 4.79 Å². The van der Waals surface area contributed by atoms with Crippen LogP contribution in [0.1, 0.15) is 12.5 Å². The lowest BCUT2D eigenvalue weighted by molar-refractivity contribution is 0.315. The van der Waals surface area contributed by atoms with Crippen molar-refractivity contribution in [2.75, 3.05) is 6.61 Å². The molecule has 0 saturated carbocycles. The van der Waals surface area contributed by atoms with Crippen molar-refractivity contribution < 1.29 is 9.84 Å². The van der Waals surface area contributed by atoms with Crippen molar-refractivity contribution >= 4 is 0 Å². The lowest BCUT2D eigenvalue weighted by Gasteiger charge is -2.04. The van der Waals surface area contributed by atoms with Gasteiger partial charge in [-0.25, -0.2) is 0 Å². The smallest absolute Gasteiger partial charge is 0.224 e. The van der Waals surface area contributed by atoms with Crippen LogP contribution in [0, 0.1) is 6.92 Å². The third-order valence-corrected chi connectivity index (χ3v) is 1.69. The van der Waals surface area contributed by atoms with Gasteiger partial charge in [0.25, 0.3) is 0 Å². The lowest BCUT2D eigenvalue weighted by atomic mass is 10.3. The van der Waals surface area contributed by atoms with Crippen LogP contribution < -0.4 is 10.2 Å². The van der Waals surface area contributed by atoms with Gasteiger partial charge in [0.1, 0.15) is 0 Å². The molecule has 0 aromatic heterocycles. The molecular weight excluding hydrogens is 168 g/mol. The molecule has 0 heterocycles. The van der Waals surface area contributed by atoms with Gasteiger partial charge < -0.3 is 9.84 Å². The third-order valence-electron chi connectivity index (χ3n) is 1.69. The molecule has 0 aliphatic rings. The Hall–Kier alpha value is -1.51. The zero-order valence-electron chi connectivity index (χ0n) is 7.70. The highest BCUT2D eigenvalue weighted by Gasteiger charge is 2.06. The van der Waals surface area contributed by atoms with E-state index in [0.717, 1.165) is 5.56 Å². The SMILES string of the molecule is CCOc1c(C)cccc(=O)c1O. The molecule has 3 nitrogen and oxygen atoms in total. The third kappa shape index (κ3) is 1.99. The van der Waals surface area contributed by atoms with Crippen LogP contribution >= 0.6 is 0 Å². The van der Waals surface area contributed by atoms with E-state index in [0.29, 0.717) is 6.61 Å². The fourth-order valence-electron chi connectivity index (χ4n) is 1.06. The van der Waals surface area contributed by atoms with Gasteiger partial charge >= 0.3 is 0 Å². The molecule has 0 saturated heterocycles. The van der Waals surface area contributed by atoms with E-state index >= 15 is 0 Å². The fourth-order valence-corrected chi connectivity index (χ4v) is 1.06. The predicted molar refractivity (Wildman–Crippen MR) is 50.3 cm³/mol. The van der Waals surface area contributed by atoms with Gasteiger partial charge in [-0.1, -0.05) is 12.1 Å². The van der Waals surface area contributed by atoms with E-state index in [1.54, 1.807) is 26.0 Å². The van der Waals surface area contributed by atoms with Crippen LogP contribution in [0.25, 0.3) is 0 Å². The number of hydrogen-bond acceptors (Lipinski definition) is 3. The van der Waals surface area contributed by atoms with Crippen LogP contribution in [0.4, 0.5) is 0 Å². The minimum atomic E-state index is -0.420. The maximum atomic E-state index is 11.1. The summed E-state index contributed by atoms with van der Waals surface area (Å²) >= 11 is 0. The van der Waals surface area contributed by atoms with Gasteiger partial charge in [0.2, 0.25) is 11.2 Å². The maximum Gasteiger partial charge on any atom is 0.224 e. The molecule has 70 valence electrons. The summed E-state index contributed by atoms with van der Waals surface area (Å²) in [7, 11) is 0. The quantitative estimate of drug-likeness (QED) is 0.749. The van der Waals surface area contributed by atoms with Crippen LogP contribution in [0.5, 0.6) is 11.5 Å². The Morgan fingerprint density at radius 2 is 2.15 bits per heavy atom. The first-order valence-corrected chi connectivity index (χ1v) is 4.12. The highest BCUT2D eigenvalue weighted by Crippen LogP contribution is 2.24. The van der Waals surface area contributed by atoms with E-state index in [1.165, 1.54) is 6.07 Å². The topological polar surface area (TPSA) is 46.5 Å². The van der Waals surface area contributed by atoms with Crippen molar-refractivity contribution in [2.24, 2.45) is 0 Å². The highest BCUT2D eigenvalue weighted by atomic mass is 16.5. The highest BCUT2D eigenvalue weighted by molar-refractivity contribution is 5.43. The molecule has 13 heavy (non-hydrogen) atoms. The first kappa shape index (κ1) is 9.58. The molecule has 0 aliphatic heterocycles. The molecular formula is C10H12O3. The monoisotopic (exact) mass is 180 g/mol. The first-order valence-electron chi connectivity index (χ1n) is 4.12. The molecule has 1 N–H and O–H groups in total. The summed E-state index contributed by atoms with van der Waals surface area (Å²) in [4.78, 5) is 11.1. The van der Waals surface area contributed by atoms with Gasteiger partial charge in [-0.15, -0.1) is 0 Å². The zero-order chi connectivity index (χ0) is 9.84. The zero-order valence-corrected chi connectivity index (χ0v) is 7.70. The largest absolute Gasteiger partial charge is 0.502 e. The van der Waals surface area contributed by atoms with Crippen molar-refractivity contribution in [3.8, 4) is 11.5 Å². The molecule has 0 amide bonds. The molecule has 0 unspecified atom stereocenters. The van der Waals surface area contributed by atoms with Crippen LogP contribution in [-0.4, -0.2) is 11.7 Å². The normalized spacial score (nSPS) is 9.69. The molecule has 0 aliphatic carbocycles. The molecule has 0 bridgehead atoms. The van der Waals surface area contributed by atoms with Crippen LogP contribution in [0.2, 0.25) is 0 Å². The van der Waals surface area contributed by atoms with E-state index in [1.807, 2.05) is 0 Å². The average Bonchev–Trinajstić information content (AvgIpc) is 2.21. The van der Waals surface area contributed by atoms with E-state index in [9.17, 15) is 9.90 Å². The molecule has 1 aromatic rings. The Balaban J connectivity index is 3.39. The van der Waals surface area contributed by atoms with Crippen molar-refractivity contribution in [2.45, 2.75) is 13.8 Å². The maximum absolute atomic E-state index is 11.1. The summed E-state index contributed by atoms with van der Waals surface area (Å²) in [6, 6.07) is 4.64. The number of rotatable bonds is 2. The molecule has 0 spiro atoms. The van der Waals surface area contributed by atoms with Gasteiger partial charge in [-0.05, 0) is 25.5 Å². The van der Waals surface area contributed by atoms with E-state index in [-0.39, 0.29) is 11.5 Å². The number of hydrogen-bond donors (Lipinski definition) is 1. The molecule has 3 heteroatoms. The Labute approximate surface area is 76.6 Å². The van der Waals surface area contributed by atoms with Gasteiger partial charge in [0.15, 0.2) is 5.75 Å². The second-order valence-electron chi connectivity index (χ2n) is 2.68. The Morgan fingerprint density at radius 1 is 1.46 bits per heavy atom. The van der Waals surface area contributed by atoms with E-state index in [4.69, 9.17) is 4.74 Å². The summed E-state index contributed by atoms with van der Waals surface area (Å²) in [5.74, 6) is -0.0400. The molecule has 1 aromatic carbocycles. The number of aryl methyl sites for hydroxylation is 1. The van der Waals surface area contributed by atoms with Crippen molar-refractivity contribution in [1.29, 1.82) is 0 Å². The lowest BCUT2D eigenvalue weighted by Crippen LogP contribution is -1.99. The summed E-state index contributed by atoms with van der Waals surface area (Å²) in [5, 5.41) is 9.43. The van der Waals surface area contributed by atoms with Crippen molar-refractivity contribution in [3.63, 3.8) is 0 Å². The minimum absolute atomic E-state index is 0.275. The van der Waals surface area contributed by atoms with Crippen molar-refractivity contribution in [3.05, 3.63) is 34.0 Å². The first-order chi connectivity index (χ1) is 6.16. The Kier molecular flexibility index (Phi) is 2.90. The predicted octanol–water partition coefficient (Wildman–Crippen LogP) is 1.46. The summed E-state index contributed by atoms with van der Waals surface area (Å²) in [6.07, 6.45) is 0. The van der Waals surface area contributed by atoms with Crippen LogP contribution in [0.15, 0.2) is 23.0 Å². The summed E-state index contributed by atoms with van der Waals surface area (Å²) < 4.78 is 5.16. The molecule has 0 fully saturated rings.